The van der Waals surface area contributed by atoms with Gasteiger partial charge in [0, 0.05) is 35.8 Å². The zero-order valence-corrected chi connectivity index (χ0v) is 19.7. The van der Waals surface area contributed by atoms with Gasteiger partial charge >= 0.3 is 0 Å². The Morgan fingerprint density at radius 1 is 1.25 bits per heavy atom. The highest BCUT2D eigenvalue weighted by Gasteiger charge is 2.32. The van der Waals surface area contributed by atoms with E-state index >= 15 is 0 Å². The van der Waals surface area contributed by atoms with Crippen molar-refractivity contribution in [1.29, 1.82) is 0 Å². The van der Waals surface area contributed by atoms with Crippen LogP contribution < -0.4 is 5.32 Å². The van der Waals surface area contributed by atoms with E-state index in [2.05, 4.69) is 34.2 Å². The molecule has 1 aliphatic heterocycles. The summed E-state index contributed by atoms with van der Waals surface area (Å²) >= 11 is 6.47. The molecule has 3 aromatic heterocycles. The average molecular weight is 454 g/mol. The molecule has 0 bridgehead atoms. The van der Waals surface area contributed by atoms with Crippen LogP contribution in [0.5, 0.6) is 0 Å². The number of rotatable bonds is 5. The van der Waals surface area contributed by atoms with Crippen molar-refractivity contribution >= 4 is 23.3 Å². The van der Waals surface area contributed by atoms with Crippen LogP contribution in [0.4, 0.5) is 5.82 Å². The second-order valence-electron chi connectivity index (χ2n) is 9.80. The van der Waals surface area contributed by atoms with Gasteiger partial charge in [-0.1, -0.05) is 25.4 Å². The highest BCUT2D eigenvalue weighted by Crippen LogP contribution is 2.39. The monoisotopic (exact) mass is 453 g/mol. The molecule has 8 heteroatoms. The molecule has 7 nitrogen and oxygen atoms in total. The summed E-state index contributed by atoms with van der Waals surface area (Å²) in [5, 5.41) is 18.2. The summed E-state index contributed by atoms with van der Waals surface area (Å²) < 4.78 is 2.02. The van der Waals surface area contributed by atoms with Crippen LogP contribution in [0.3, 0.4) is 0 Å². The van der Waals surface area contributed by atoms with E-state index in [1.165, 1.54) is 0 Å². The van der Waals surface area contributed by atoms with E-state index in [1.54, 1.807) is 44.4 Å². The molecule has 2 N–H and O–H groups in total. The number of nitrogens with one attached hydrogen (secondary N) is 1. The Morgan fingerprint density at radius 3 is 2.72 bits per heavy atom. The lowest BCUT2D eigenvalue weighted by Crippen LogP contribution is -2.22. The van der Waals surface area contributed by atoms with Gasteiger partial charge in [-0.25, -0.2) is 4.98 Å². The number of aromatic nitrogens is 4. The number of hydrogen-bond acceptors (Lipinski definition) is 5. The molecule has 4 heterocycles. The van der Waals surface area contributed by atoms with E-state index < -0.39 is 11.5 Å². The number of halogens is 1. The minimum absolute atomic E-state index is 0.150. The van der Waals surface area contributed by atoms with Gasteiger partial charge in [0.15, 0.2) is 0 Å². The molecule has 0 spiro atoms. The normalized spacial score (nSPS) is 16.0. The molecule has 0 saturated carbocycles. The van der Waals surface area contributed by atoms with Crippen LogP contribution in [-0.4, -0.2) is 30.8 Å². The highest BCUT2D eigenvalue weighted by molar-refractivity contribution is 6.33. The molecule has 4 rings (SSSR count). The fourth-order valence-electron chi connectivity index (χ4n) is 4.02. The van der Waals surface area contributed by atoms with Gasteiger partial charge in [0.25, 0.3) is 0 Å². The Hall–Kier alpha value is -2.77. The number of amides is 1. The van der Waals surface area contributed by atoms with E-state index in [-0.39, 0.29) is 11.3 Å². The van der Waals surface area contributed by atoms with Gasteiger partial charge < -0.3 is 10.4 Å². The molecule has 0 unspecified atom stereocenters. The van der Waals surface area contributed by atoms with Crippen LogP contribution in [0.15, 0.2) is 36.8 Å². The van der Waals surface area contributed by atoms with E-state index in [4.69, 9.17) is 11.6 Å². The van der Waals surface area contributed by atoms with Gasteiger partial charge in [-0.05, 0) is 56.4 Å². The lowest BCUT2D eigenvalue weighted by Gasteiger charge is -2.19. The Morgan fingerprint density at radius 2 is 2.00 bits per heavy atom. The molecular weight excluding hydrogens is 426 g/mol. The van der Waals surface area contributed by atoms with Crippen molar-refractivity contribution in [2.24, 2.45) is 5.41 Å². The second kappa shape index (κ2) is 7.98. The van der Waals surface area contributed by atoms with Gasteiger partial charge in [-0.15, -0.1) is 0 Å². The maximum absolute atomic E-state index is 12.9. The summed E-state index contributed by atoms with van der Waals surface area (Å²) in [5.41, 5.74) is 3.26. The van der Waals surface area contributed by atoms with Crippen molar-refractivity contribution in [3.8, 4) is 11.1 Å². The summed E-state index contributed by atoms with van der Waals surface area (Å²) in [7, 11) is 0. The molecule has 168 valence electrons. The zero-order chi connectivity index (χ0) is 23.3. The van der Waals surface area contributed by atoms with E-state index in [1.807, 2.05) is 17.8 Å². The first kappa shape index (κ1) is 22.4. The first-order valence-corrected chi connectivity index (χ1v) is 11.0. The fraction of sp³-hybridized carbons (Fsp3) is 0.417. The van der Waals surface area contributed by atoms with Crippen molar-refractivity contribution in [2.75, 3.05) is 5.32 Å². The lowest BCUT2D eigenvalue weighted by molar-refractivity contribution is -0.117. The topological polar surface area (TPSA) is 92.9 Å². The number of hydrogen-bond donors (Lipinski definition) is 2. The van der Waals surface area contributed by atoms with E-state index in [0.717, 1.165) is 35.3 Å². The summed E-state index contributed by atoms with van der Waals surface area (Å²) in [5.74, 6) is -0.239. The van der Waals surface area contributed by atoms with Gasteiger partial charge in [0.1, 0.15) is 11.4 Å². The highest BCUT2D eigenvalue weighted by atomic mass is 35.5. The number of anilines is 1. The van der Waals surface area contributed by atoms with Crippen molar-refractivity contribution in [3.05, 3.63) is 58.8 Å². The zero-order valence-electron chi connectivity index (χ0n) is 19.0. The smallest absolute Gasteiger partial charge is 0.232 e. The molecule has 0 saturated heterocycles. The first-order chi connectivity index (χ1) is 14.9. The third-order valence-corrected chi connectivity index (χ3v) is 6.17. The number of pyridine rings is 2. The van der Waals surface area contributed by atoms with Crippen LogP contribution in [-0.2, 0) is 23.4 Å². The maximum Gasteiger partial charge on any atom is 0.232 e. The first-order valence-electron chi connectivity index (χ1n) is 10.6. The van der Waals surface area contributed by atoms with Gasteiger partial charge in [-0.2, -0.15) is 5.10 Å². The van der Waals surface area contributed by atoms with Gasteiger partial charge in [0.2, 0.25) is 5.91 Å². The lowest BCUT2D eigenvalue weighted by atomic mass is 9.89. The third-order valence-electron chi connectivity index (χ3n) is 5.87. The number of carbonyl (C=O) groups excluding carboxylic acids is 1. The molecule has 0 radical (unpaired) electrons. The van der Waals surface area contributed by atoms with Crippen molar-refractivity contribution in [1.82, 2.24) is 19.7 Å². The fourth-order valence-corrected chi connectivity index (χ4v) is 4.23. The molecular formula is C24H28ClN5O2. The average Bonchev–Trinajstić information content (AvgIpc) is 3.23. The van der Waals surface area contributed by atoms with Gasteiger partial charge in [0.05, 0.1) is 22.8 Å². The van der Waals surface area contributed by atoms with Gasteiger partial charge in [-0.3, -0.25) is 14.5 Å². The molecule has 0 aromatic carbocycles. The summed E-state index contributed by atoms with van der Waals surface area (Å²) in [6.07, 6.45) is 5.90. The van der Waals surface area contributed by atoms with Crippen LogP contribution in [0.25, 0.3) is 11.1 Å². The quantitative estimate of drug-likeness (QED) is 0.591. The Bertz CT molecular complexity index is 1180. The second-order valence-corrected chi connectivity index (χ2v) is 10.2. The Labute approximate surface area is 192 Å². The summed E-state index contributed by atoms with van der Waals surface area (Å²) in [6, 6.07) is 5.33. The summed E-state index contributed by atoms with van der Waals surface area (Å²) in [4.78, 5) is 21.5. The predicted octanol–water partition coefficient (Wildman–Crippen LogP) is 4.55. The summed E-state index contributed by atoms with van der Waals surface area (Å²) in [6.45, 7) is 10.4. The van der Waals surface area contributed by atoms with E-state index in [9.17, 15) is 9.90 Å². The van der Waals surface area contributed by atoms with Crippen molar-refractivity contribution in [3.63, 3.8) is 0 Å². The van der Waals surface area contributed by atoms with Crippen LogP contribution in [0.1, 0.15) is 57.5 Å². The van der Waals surface area contributed by atoms with Crippen LogP contribution in [0.2, 0.25) is 5.02 Å². The molecule has 32 heavy (non-hydrogen) atoms. The molecule has 3 aromatic rings. The Kier molecular flexibility index (Phi) is 5.59. The maximum atomic E-state index is 12.9. The Balaban J connectivity index is 1.57. The molecule has 0 aliphatic carbocycles. The van der Waals surface area contributed by atoms with Crippen molar-refractivity contribution in [2.45, 2.75) is 59.1 Å². The number of fused-ring (bicyclic) bond motifs is 1. The predicted molar refractivity (Wildman–Crippen MR) is 124 cm³/mol. The van der Waals surface area contributed by atoms with Crippen molar-refractivity contribution < 1.29 is 9.90 Å². The molecule has 0 fully saturated rings. The van der Waals surface area contributed by atoms with Crippen LogP contribution >= 0.6 is 11.6 Å². The largest absolute Gasteiger partial charge is 0.384 e. The minimum atomic E-state index is -1.08. The third kappa shape index (κ3) is 4.40. The van der Waals surface area contributed by atoms with E-state index in [0.29, 0.717) is 16.5 Å². The molecule has 1 aliphatic rings. The van der Waals surface area contributed by atoms with Crippen LogP contribution in [0, 0.1) is 5.41 Å². The number of carbonyl (C=O) groups is 1. The SMILES string of the molecule is C[C@H](C(=O)Nc1cc(-c2cnn3c2CC(C)(C)C3)c(Cl)cn1)c1ccnc(C(C)(C)O)c1. The molecule has 1 amide bonds. The standard InChI is InChI=1S/C24H28ClN5O2/c1-14(15-6-7-26-20(8-15)24(4,5)32)22(31)29-21-9-16(18(25)12-27-21)17-11-28-30-13-23(2,3)10-19(17)30/h6-9,11-12,14,32H,10,13H2,1-5H3,(H,27,29,31)/t14-/m0/s1. The molecule has 1 atom stereocenters. The number of nitrogens with zero attached hydrogens (tertiary/aromatic N) is 4. The number of aliphatic hydroxyl groups is 1. The minimum Gasteiger partial charge on any atom is -0.384 e.